The van der Waals surface area contributed by atoms with Crippen molar-refractivity contribution in [3.63, 3.8) is 0 Å². The van der Waals surface area contributed by atoms with Crippen LogP contribution in [0.2, 0.25) is 0 Å². The number of rotatable bonds is 0. The molecular weight excluding hydrogens is 232 g/mol. The second-order valence-electron chi connectivity index (χ2n) is 4.86. The molecule has 0 spiro atoms. The van der Waals surface area contributed by atoms with E-state index in [1.54, 1.807) is 6.07 Å². The van der Waals surface area contributed by atoms with E-state index in [0.29, 0.717) is 5.75 Å². The van der Waals surface area contributed by atoms with E-state index < -0.39 is 0 Å². The smallest absolute Gasteiger partial charge is 0.123 e. The lowest BCUT2D eigenvalue weighted by molar-refractivity contribution is 0.481. The molecule has 1 nitrogen and oxygen atoms in total. The maximum absolute atomic E-state index is 10.0. The van der Waals surface area contributed by atoms with E-state index in [2.05, 4.69) is 42.5 Å². The lowest BCUT2D eigenvalue weighted by Gasteiger charge is -2.07. The fourth-order valence-corrected chi connectivity index (χ4v) is 2.76. The molecule has 1 heteroatoms. The van der Waals surface area contributed by atoms with E-state index in [9.17, 15) is 5.11 Å². The zero-order valence-electron chi connectivity index (χ0n) is 10.3. The molecule has 1 N–H and O–H groups in total. The Kier molecular flexibility index (Phi) is 2.04. The van der Waals surface area contributed by atoms with Gasteiger partial charge in [0.1, 0.15) is 5.75 Å². The number of phenolic OH excluding ortho intramolecular Hbond substituents is 1. The molecule has 0 atom stereocenters. The first-order chi connectivity index (χ1) is 9.33. The first-order valence-corrected chi connectivity index (χ1v) is 6.36. The molecule has 0 unspecified atom stereocenters. The minimum absolute atomic E-state index is 0.340. The van der Waals surface area contributed by atoms with Gasteiger partial charge in [0.25, 0.3) is 0 Å². The van der Waals surface area contributed by atoms with E-state index in [4.69, 9.17) is 0 Å². The predicted molar refractivity (Wildman–Crippen MR) is 80.6 cm³/mol. The first-order valence-electron chi connectivity index (χ1n) is 6.36. The van der Waals surface area contributed by atoms with Crippen LogP contribution in [-0.4, -0.2) is 5.11 Å². The Morgan fingerprint density at radius 3 is 2.21 bits per heavy atom. The second-order valence-corrected chi connectivity index (χ2v) is 4.86. The highest BCUT2D eigenvalue weighted by Gasteiger charge is 2.04. The fourth-order valence-electron chi connectivity index (χ4n) is 2.76. The second kappa shape index (κ2) is 3.72. The number of hydrogen-bond acceptors (Lipinski definition) is 1. The Labute approximate surface area is 110 Å². The molecule has 90 valence electrons. The zero-order valence-corrected chi connectivity index (χ0v) is 10.3. The van der Waals surface area contributed by atoms with Gasteiger partial charge in [-0.3, -0.25) is 0 Å². The van der Waals surface area contributed by atoms with Crippen LogP contribution in [0.5, 0.6) is 5.75 Å². The Hall–Kier alpha value is -2.54. The standard InChI is InChI=1S/C18H12O/c19-18-7-3-5-13-10-14-9-8-12-4-1-2-6-15(12)16(14)11-17(13)18/h1-11,19H. The van der Waals surface area contributed by atoms with Crippen LogP contribution >= 0.6 is 0 Å². The third kappa shape index (κ3) is 1.48. The van der Waals surface area contributed by atoms with Gasteiger partial charge in [-0.15, -0.1) is 0 Å². The van der Waals surface area contributed by atoms with Gasteiger partial charge >= 0.3 is 0 Å². The van der Waals surface area contributed by atoms with Gasteiger partial charge < -0.3 is 5.11 Å². The van der Waals surface area contributed by atoms with Crippen LogP contribution in [0.3, 0.4) is 0 Å². The molecule has 0 aliphatic rings. The summed E-state index contributed by atoms with van der Waals surface area (Å²) in [6.45, 7) is 0. The summed E-state index contributed by atoms with van der Waals surface area (Å²) < 4.78 is 0. The van der Waals surface area contributed by atoms with Crippen molar-refractivity contribution in [2.24, 2.45) is 0 Å². The van der Waals surface area contributed by atoms with Gasteiger partial charge in [-0.1, -0.05) is 48.5 Å². The van der Waals surface area contributed by atoms with Gasteiger partial charge in [0.2, 0.25) is 0 Å². The van der Waals surface area contributed by atoms with Crippen LogP contribution in [0, 0.1) is 0 Å². The van der Waals surface area contributed by atoms with Crippen LogP contribution in [0.4, 0.5) is 0 Å². The molecular formula is C18H12O. The SMILES string of the molecule is Oc1cccc2cc3ccc4ccccc4c3cc12. The zero-order chi connectivity index (χ0) is 12.8. The molecule has 0 saturated heterocycles. The number of aromatic hydroxyl groups is 1. The Morgan fingerprint density at radius 2 is 1.26 bits per heavy atom. The fraction of sp³-hybridized carbons (Fsp3) is 0. The van der Waals surface area contributed by atoms with Crippen LogP contribution in [0.15, 0.2) is 66.7 Å². The van der Waals surface area contributed by atoms with Gasteiger partial charge in [-0.25, -0.2) is 0 Å². The van der Waals surface area contributed by atoms with Crippen molar-refractivity contribution in [1.82, 2.24) is 0 Å². The minimum atomic E-state index is 0.340. The molecule has 4 aromatic rings. The van der Waals surface area contributed by atoms with E-state index >= 15 is 0 Å². The summed E-state index contributed by atoms with van der Waals surface area (Å²) in [6.07, 6.45) is 0. The van der Waals surface area contributed by atoms with Crippen molar-refractivity contribution >= 4 is 32.3 Å². The largest absolute Gasteiger partial charge is 0.507 e. The molecule has 0 aromatic heterocycles. The van der Waals surface area contributed by atoms with Crippen molar-refractivity contribution in [2.45, 2.75) is 0 Å². The molecule has 0 aliphatic heterocycles. The van der Waals surface area contributed by atoms with Gasteiger partial charge in [-0.2, -0.15) is 0 Å². The average Bonchev–Trinajstić information content (AvgIpc) is 2.46. The molecule has 0 amide bonds. The Balaban J connectivity index is 2.27. The summed E-state index contributed by atoms with van der Waals surface area (Å²) in [7, 11) is 0. The molecule has 0 saturated carbocycles. The van der Waals surface area contributed by atoms with E-state index in [0.717, 1.165) is 10.8 Å². The van der Waals surface area contributed by atoms with E-state index in [-0.39, 0.29) is 0 Å². The highest BCUT2D eigenvalue weighted by molar-refractivity contribution is 6.12. The van der Waals surface area contributed by atoms with Crippen molar-refractivity contribution in [2.75, 3.05) is 0 Å². The van der Waals surface area contributed by atoms with Gasteiger partial charge in [-0.05, 0) is 45.1 Å². The molecule has 0 radical (unpaired) electrons. The minimum Gasteiger partial charge on any atom is -0.507 e. The highest BCUT2D eigenvalue weighted by Crippen LogP contribution is 2.32. The molecule has 4 rings (SSSR count). The quantitative estimate of drug-likeness (QED) is 0.346. The predicted octanol–water partition coefficient (Wildman–Crippen LogP) is 4.85. The van der Waals surface area contributed by atoms with Gasteiger partial charge in [0, 0.05) is 5.39 Å². The number of fused-ring (bicyclic) bond motifs is 4. The van der Waals surface area contributed by atoms with Gasteiger partial charge in [0.05, 0.1) is 0 Å². The first kappa shape index (κ1) is 10.4. The van der Waals surface area contributed by atoms with Crippen LogP contribution < -0.4 is 0 Å². The summed E-state index contributed by atoms with van der Waals surface area (Å²) in [5.41, 5.74) is 0. The van der Waals surface area contributed by atoms with Gasteiger partial charge in [0.15, 0.2) is 0 Å². The maximum atomic E-state index is 10.0. The topological polar surface area (TPSA) is 20.2 Å². The van der Waals surface area contributed by atoms with Crippen molar-refractivity contribution in [3.8, 4) is 5.75 Å². The number of phenols is 1. The lowest BCUT2D eigenvalue weighted by Crippen LogP contribution is -1.80. The third-order valence-corrected chi connectivity index (χ3v) is 3.72. The number of benzene rings is 4. The van der Waals surface area contributed by atoms with E-state index in [1.807, 2.05) is 18.2 Å². The van der Waals surface area contributed by atoms with E-state index in [1.165, 1.54) is 21.5 Å². The Bertz CT molecular complexity index is 922. The molecule has 0 bridgehead atoms. The van der Waals surface area contributed by atoms with Crippen LogP contribution in [0.25, 0.3) is 32.3 Å². The normalized spacial score (nSPS) is 11.4. The summed E-state index contributed by atoms with van der Waals surface area (Å²) in [4.78, 5) is 0. The molecule has 19 heavy (non-hydrogen) atoms. The third-order valence-electron chi connectivity index (χ3n) is 3.72. The lowest BCUT2D eigenvalue weighted by atomic mass is 9.98. The van der Waals surface area contributed by atoms with Crippen molar-refractivity contribution in [3.05, 3.63) is 66.7 Å². The molecule has 0 fully saturated rings. The highest BCUT2D eigenvalue weighted by atomic mass is 16.3. The maximum Gasteiger partial charge on any atom is 0.123 e. The molecule has 0 heterocycles. The molecule has 0 aliphatic carbocycles. The summed E-state index contributed by atoms with van der Waals surface area (Å²) in [6, 6.07) is 22.5. The summed E-state index contributed by atoms with van der Waals surface area (Å²) >= 11 is 0. The monoisotopic (exact) mass is 244 g/mol. The van der Waals surface area contributed by atoms with Crippen LogP contribution in [-0.2, 0) is 0 Å². The van der Waals surface area contributed by atoms with Crippen molar-refractivity contribution in [1.29, 1.82) is 0 Å². The average molecular weight is 244 g/mol. The number of hydrogen-bond donors (Lipinski definition) is 1. The summed E-state index contributed by atoms with van der Waals surface area (Å²) in [5, 5.41) is 16.8. The summed E-state index contributed by atoms with van der Waals surface area (Å²) in [5.74, 6) is 0.340. The Morgan fingerprint density at radius 1 is 0.526 bits per heavy atom. The van der Waals surface area contributed by atoms with Crippen molar-refractivity contribution < 1.29 is 5.11 Å². The van der Waals surface area contributed by atoms with Crippen LogP contribution in [0.1, 0.15) is 0 Å². The molecule has 4 aromatic carbocycles.